The maximum absolute atomic E-state index is 13.6. The fourth-order valence-corrected chi connectivity index (χ4v) is 16.7. The Kier molecular flexibility index (Phi) is 18.6. The van der Waals surface area contributed by atoms with Crippen molar-refractivity contribution in [2.24, 2.45) is 38.9 Å². The molecule has 0 spiro atoms. The lowest BCUT2D eigenvalue weighted by atomic mass is 9.91. The van der Waals surface area contributed by atoms with Crippen LogP contribution in [0.5, 0.6) is 0 Å². The third kappa shape index (κ3) is 13.8. The Hall–Kier alpha value is -9.28. The predicted octanol–water partition coefficient (Wildman–Crippen LogP) is 12.4. The zero-order valence-electron chi connectivity index (χ0n) is 56.0. The van der Waals surface area contributed by atoms with Crippen LogP contribution in [0, 0.1) is 57.1 Å². The minimum Gasteiger partial charge on any atom is -0.340 e. The highest BCUT2D eigenvalue weighted by atomic mass is 32.1. The molecule has 2 aromatic carbocycles. The molecule has 2 fully saturated rings. The molecule has 3 atom stereocenters. The van der Waals surface area contributed by atoms with Gasteiger partial charge >= 0.3 is 0 Å². The Balaban J connectivity index is 0.000000126. The number of hydrogen-bond donors (Lipinski definition) is 0. The van der Waals surface area contributed by atoms with E-state index in [2.05, 4.69) is 64.2 Å². The summed E-state index contributed by atoms with van der Waals surface area (Å²) in [6.07, 6.45) is 16.0. The molecule has 11 aromatic rings. The van der Waals surface area contributed by atoms with Crippen LogP contribution in [-0.2, 0) is 60.0 Å². The van der Waals surface area contributed by atoms with Crippen molar-refractivity contribution in [3.8, 4) is 55.2 Å². The lowest BCUT2D eigenvalue weighted by Gasteiger charge is -2.21. The van der Waals surface area contributed by atoms with Gasteiger partial charge in [0, 0.05) is 120 Å². The first-order valence-corrected chi connectivity index (χ1v) is 35.8. The molecule has 13 heterocycles. The normalized spacial score (nSPS) is 17.2. The molecule has 1 saturated carbocycles. The molecule has 5 aliphatic rings. The van der Waals surface area contributed by atoms with Gasteiger partial charge in [-0.2, -0.15) is 30.5 Å². The number of benzene rings is 2. The van der Waals surface area contributed by atoms with Crippen molar-refractivity contribution in [2.45, 2.75) is 144 Å². The average molecular weight is 1380 g/mol. The van der Waals surface area contributed by atoms with Gasteiger partial charge in [0.25, 0.3) is 0 Å². The van der Waals surface area contributed by atoms with Crippen LogP contribution >= 0.6 is 34.0 Å². The zero-order valence-corrected chi connectivity index (χ0v) is 58.4. The topological polar surface area (TPSA) is 256 Å². The number of ketones is 4. The second-order valence-corrected chi connectivity index (χ2v) is 29.8. The minimum atomic E-state index is -0.330. The fraction of sp³-hybridized carbons (Fsp3) is 0.429. The summed E-state index contributed by atoms with van der Waals surface area (Å²) in [6.45, 7) is 13.8. The minimum absolute atomic E-state index is 0.0431. The Morgan fingerprint density at radius 2 is 1.02 bits per heavy atom. The average Bonchev–Trinajstić information content (AvgIpc) is 1.64. The van der Waals surface area contributed by atoms with Crippen LogP contribution in [-0.4, -0.2) is 125 Å². The van der Waals surface area contributed by atoms with Gasteiger partial charge in [-0.1, -0.05) is 12.1 Å². The van der Waals surface area contributed by atoms with Crippen molar-refractivity contribution in [2.75, 3.05) is 18.0 Å². The summed E-state index contributed by atoms with van der Waals surface area (Å²) in [4.78, 5) is 85.6. The Morgan fingerprint density at radius 3 is 1.54 bits per heavy atom. The van der Waals surface area contributed by atoms with E-state index in [-0.39, 0.29) is 52.5 Å². The highest BCUT2D eigenvalue weighted by molar-refractivity contribution is 7.15. The number of hydrogen-bond acceptors (Lipinski definition) is 20. The largest absolute Gasteiger partial charge is 0.340 e. The molecule has 1 aliphatic carbocycles. The molecule has 4 aliphatic heterocycles. The van der Waals surface area contributed by atoms with E-state index in [9.17, 15) is 28.0 Å². The number of anilines is 1. The van der Waals surface area contributed by atoms with Gasteiger partial charge in [0.15, 0.2) is 34.8 Å². The first-order chi connectivity index (χ1) is 47.2. The van der Waals surface area contributed by atoms with Crippen LogP contribution in [0.15, 0.2) is 67.1 Å². The van der Waals surface area contributed by atoms with E-state index in [1.807, 2.05) is 42.0 Å². The van der Waals surface area contributed by atoms with Gasteiger partial charge < -0.3 is 4.90 Å². The summed E-state index contributed by atoms with van der Waals surface area (Å²) < 4.78 is 37.6. The molecule has 3 unspecified atom stereocenters. The molecule has 0 amide bonds. The lowest BCUT2D eigenvalue weighted by Crippen LogP contribution is -2.23. The van der Waals surface area contributed by atoms with Gasteiger partial charge in [0.05, 0.1) is 62.2 Å². The van der Waals surface area contributed by atoms with Crippen molar-refractivity contribution in [1.29, 1.82) is 0 Å². The first kappa shape index (κ1) is 66.0. The molecule has 1 saturated heterocycles. The monoisotopic (exact) mass is 1380 g/mol. The molecule has 16 rings (SSSR count). The van der Waals surface area contributed by atoms with Crippen LogP contribution in [0.2, 0.25) is 0 Å². The SMILES string of the molecule is CC(=O)c1sc(C)nc1-c1cnn(C)c1C(=O)CC1CCn2nc(-c3cccc(F)c3)nc2C1.Cc1nc(-c2cnn(C)c2C(=O)CC2CCn3nc(-c4ccc(F)cc4)nc3C2)sc1C1CC1.Cc1nc(-c2cnn(C)c2C(=O)CC2CCn3nc(N4CCCC4)nc3C2)sc1C. The molecular weight excluding hydrogens is 1310 g/mol. The molecular formula is C70H75F2N19O4S3. The summed E-state index contributed by atoms with van der Waals surface area (Å²) in [5.41, 5.74) is 8.07. The lowest BCUT2D eigenvalue weighted by molar-refractivity contribution is 0.0935. The number of fused-ring (bicyclic) bond motifs is 3. The van der Waals surface area contributed by atoms with Gasteiger partial charge in [0.2, 0.25) is 5.95 Å². The highest BCUT2D eigenvalue weighted by Gasteiger charge is 2.34. The highest BCUT2D eigenvalue weighted by Crippen LogP contribution is 2.47. The Morgan fingerprint density at radius 1 is 0.520 bits per heavy atom. The van der Waals surface area contributed by atoms with Crippen molar-refractivity contribution < 1.29 is 28.0 Å². The number of rotatable bonds is 17. The quantitative estimate of drug-likeness (QED) is 0.0768. The summed E-state index contributed by atoms with van der Waals surface area (Å²) in [5, 5.41) is 29.4. The molecule has 0 bridgehead atoms. The van der Waals surface area contributed by atoms with Crippen molar-refractivity contribution >= 4 is 63.1 Å². The van der Waals surface area contributed by atoms with Crippen LogP contribution in [0.1, 0.15) is 162 Å². The third-order valence-corrected chi connectivity index (χ3v) is 22.6. The number of aryl methyl sites for hydroxylation is 10. The van der Waals surface area contributed by atoms with E-state index in [1.54, 1.807) is 86.6 Å². The number of aromatic nitrogens is 18. The Bertz CT molecular complexity index is 4820. The van der Waals surface area contributed by atoms with Crippen LogP contribution in [0.25, 0.3) is 55.2 Å². The molecule has 506 valence electrons. The molecule has 0 radical (unpaired) electrons. The maximum atomic E-state index is 13.6. The smallest absolute Gasteiger partial charge is 0.244 e. The van der Waals surface area contributed by atoms with E-state index in [4.69, 9.17) is 15.1 Å². The summed E-state index contributed by atoms with van der Waals surface area (Å²) in [7, 11) is 5.39. The van der Waals surface area contributed by atoms with Gasteiger partial charge in [-0.05, 0) is 133 Å². The standard InChI is InChI=1S/C25H25FN6OS.C24H23FN6O2S.C21H27N7OS/c1-14-23(16-3-4-16)34-25(28-14)19-13-27-31(2)22(19)20(33)11-15-9-10-32-21(12-15)29-24(30-32)17-5-7-18(26)8-6-17;1-13(32)23-21(27-14(2)34-23)18-12-26-30(3)22(18)19(33)9-15-7-8-31-20(10-15)28-24(29-31)16-5-4-6-17(25)11-16;1-13-14(2)30-20(23-13)16-12-22-26(3)19(16)17(29)10-15-6-9-28-18(11-15)24-21(25-28)27-7-4-5-8-27/h5-8,13,15-16H,3-4,9-12H2,1-2H3;4-6,11-12,15H,7-10H2,1-3H3;12,15H,4-11H2,1-3H3. The van der Waals surface area contributed by atoms with Gasteiger partial charge in [0.1, 0.15) is 56.2 Å². The van der Waals surface area contributed by atoms with E-state index < -0.39 is 0 Å². The van der Waals surface area contributed by atoms with Gasteiger partial charge in [-0.15, -0.1) is 39.1 Å². The number of nitrogens with zero attached hydrogens (tertiary/aromatic N) is 19. The van der Waals surface area contributed by atoms with E-state index >= 15 is 0 Å². The number of Topliss-reactive ketones (excluding diaryl/α,β-unsaturated/α-hetero) is 4. The predicted molar refractivity (Wildman–Crippen MR) is 368 cm³/mol. The van der Waals surface area contributed by atoms with Crippen LogP contribution in [0.4, 0.5) is 14.7 Å². The maximum Gasteiger partial charge on any atom is 0.244 e. The number of carbonyl (C=O) groups is 4. The molecule has 28 heteroatoms. The van der Waals surface area contributed by atoms with Crippen molar-refractivity contribution in [3.63, 3.8) is 0 Å². The van der Waals surface area contributed by atoms with Crippen LogP contribution < -0.4 is 4.90 Å². The van der Waals surface area contributed by atoms with Gasteiger partial charge in [-0.3, -0.25) is 33.2 Å². The fourth-order valence-electron chi connectivity index (χ4n) is 13.7. The Labute approximate surface area is 576 Å². The van der Waals surface area contributed by atoms with Crippen molar-refractivity contribution in [1.82, 2.24) is 88.6 Å². The third-order valence-electron chi connectivity index (χ3n) is 19.1. The van der Waals surface area contributed by atoms with E-state index in [0.717, 1.165) is 118 Å². The van der Waals surface area contributed by atoms with Crippen molar-refractivity contribution in [3.05, 3.63) is 144 Å². The second-order valence-electron chi connectivity index (χ2n) is 26.3. The van der Waals surface area contributed by atoms with Gasteiger partial charge in [-0.25, -0.2) is 47.7 Å². The number of thiazole rings is 3. The first-order valence-electron chi connectivity index (χ1n) is 33.4. The van der Waals surface area contributed by atoms with Crippen LogP contribution in [0.3, 0.4) is 0 Å². The molecule has 0 N–H and O–H groups in total. The summed E-state index contributed by atoms with van der Waals surface area (Å²) in [6, 6.07) is 12.4. The van der Waals surface area contributed by atoms with E-state index in [0.29, 0.717) is 95.0 Å². The molecule has 98 heavy (non-hydrogen) atoms. The zero-order chi connectivity index (χ0) is 68.2. The molecule has 9 aromatic heterocycles. The van der Waals surface area contributed by atoms with E-state index in [1.165, 1.54) is 78.0 Å². The molecule has 23 nitrogen and oxygen atoms in total. The summed E-state index contributed by atoms with van der Waals surface area (Å²) >= 11 is 4.65. The number of halogens is 2. The second kappa shape index (κ2) is 27.6. The number of carbonyl (C=O) groups excluding carboxylic acids is 4. The summed E-state index contributed by atoms with van der Waals surface area (Å²) in [5.74, 6) is 5.32.